The Hall–Kier alpha value is -2.38. The summed E-state index contributed by atoms with van der Waals surface area (Å²) in [4.78, 5) is 1.32. The summed E-state index contributed by atoms with van der Waals surface area (Å²) < 4.78 is 0. The Bertz CT molecular complexity index is 883. The molecule has 0 aliphatic heterocycles. The minimum absolute atomic E-state index is 1.29. The molecule has 0 radical (unpaired) electrons. The third-order valence-corrected chi connectivity index (χ3v) is 4.70. The second-order valence-corrected chi connectivity index (χ2v) is 6.00. The monoisotopic (exact) mass is 286 g/mol. The molecular formula is C20H14S. The summed E-state index contributed by atoms with van der Waals surface area (Å²) in [7, 11) is 0. The van der Waals surface area contributed by atoms with Crippen molar-refractivity contribution in [2.45, 2.75) is 0 Å². The van der Waals surface area contributed by atoms with Crippen LogP contribution in [0.2, 0.25) is 0 Å². The van der Waals surface area contributed by atoms with Gasteiger partial charge >= 0.3 is 0 Å². The van der Waals surface area contributed by atoms with E-state index in [0.717, 1.165) is 0 Å². The van der Waals surface area contributed by atoms with E-state index in [2.05, 4.69) is 84.2 Å². The van der Waals surface area contributed by atoms with Crippen LogP contribution in [0.5, 0.6) is 0 Å². The average molecular weight is 286 g/mol. The Morgan fingerprint density at radius 2 is 1.24 bits per heavy atom. The van der Waals surface area contributed by atoms with Gasteiger partial charge in [-0.25, -0.2) is 0 Å². The van der Waals surface area contributed by atoms with Gasteiger partial charge in [0.1, 0.15) is 0 Å². The Kier molecular flexibility index (Phi) is 3.06. The number of thiophene rings is 1. The molecule has 0 N–H and O–H groups in total. The van der Waals surface area contributed by atoms with Crippen LogP contribution in [0.3, 0.4) is 0 Å². The SMILES string of the molecule is c1csc(-c2ccccc2-c2cccc3ccccc23)c1. The summed E-state index contributed by atoms with van der Waals surface area (Å²) in [6, 6.07) is 28.1. The van der Waals surface area contributed by atoms with Crippen molar-refractivity contribution >= 4 is 22.1 Å². The molecule has 0 saturated heterocycles. The number of hydrogen-bond acceptors (Lipinski definition) is 1. The van der Waals surface area contributed by atoms with Gasteiger partial charge < -0.3 is 0 Å². The summed E-state index contributed by atoms with van der Waals surface area (Å²) >= 11 is 1.79. The molecule has 3 aromatic carbocycles. The van der Waals surface area contributed by atoms with E-state index in [4.69, 9.17) is 0 Å². The van der Waals surface area contributed by atoms with Gasteiger partial charge in [-0.1, -0.05) is 72.8 Å². The van der Waals surface area contributed by atoms with Crippen molar-refractivity contribution in [2.24, 2.45) is 0 Å². The fourth-order valence-corrected chi connectivity index (χ4v) is 3.59. The lowest BCUT2D eigenvalue weighted by molar-refractivity contribution is 1.64. The molecule has 21 heavy (non-hydrogen) atoms. The number of fused-ring (bicyclic) bond motifs is 1. The molecule has 0 amide bonds. The maximum Gasteiger partial charge on any atom is 0.0348 e. The summed E-state index contributed by atoms with van der Waals surface area (Å²) in [6.45, 7) is 0. The Morgan fingerprint density at radius 3 is 2.10 bits per heavy atom. The molecule has 1 aromatic heterocycles. The molecule has 1 heteroatoms. The largest absolute Gasteiger partial charge is 0.144 e. The van der Waals surface area contributed by atoms with Crippen molar-refractivity contribution in [1.82, 2.24) is 0 Å². The van der Waals surface area contributed by atoms with Crippen LogP contribution in [0.1, 0.15) is 0 Å². The molecule has 0 fully saturated rings. The van der Waals surface area contributed by atoms with Gasteiger partial charge in [0, 0.05) is 4.88 Å². The molecule has 0 bridgehead atoms. The van der Waals surface area contributed by atoms with Crippen LogP contribution in [0, 0.1) is 0 Å². The normalized spacial score (nSPS) is 10.9. The number of hydrogen-bond donors (Lipinski definition) is 0. The van der Waals surface area contributed by atoms with E-state index in [1.165, 1.54) is 32.3 Å². The zero-order valence-corrected chi connectivity index (χ0v) is 12.3. The van der Waals surface area contributed by atoms with Gasteiger partial charge in [-0.3, -0.25) is 0 Å². The maximum absolute atomic E-state index is 2.22. The topological polar surface area (TPSA) is 0 Å². The first-order valence-corrected chi connectivity index (χ1v) is 7.92. The van der Waals surface area contributed by atoms with E-state index in [9.17, 15) is 0 Å². The van der Waals surface area contributed by atoms with E-state index in [1.807, 2.05) is 0 Å². The lowest BCUT2D eigenvalue weighted by Gasteiger charge is -2.11. The van der Waals surface area contributed by atoms with Gasteiger partial charge in [-0.05, 0) is 38.9 Å². The highest BCUT2D eigenvalue weighted by molar-refractivity contribution is 7.13. The van der Waals surface area contributed by atoms with E-state index in [0.29, 0.717) is 0 Å². The summed E-state index contributed by atoms with van der Waals surface area (Å²) in [5, 5.41) is 4.73. The van der Waals surface area contributed by atoms with E-state index in [1.54, 1.807) is 11.3 Å². The van der Waals surface area contributed by atoms with Crippen LogP contribution in [0.4, 0.5) is 0 Å². The van der Waals surface area contributed by atoms with Gasteiger partial charge in [-0.2, -0.15) is 0 Å². The fraction of sp³-hybridized carbons (Fsp3) is 0. The van der Waals surface area contributed by atoms with Crippen LogP contribution in [0.25, 0.3) is 32.3 Å². The van der Waals surface area contributed by atoms with E-state index >= 15 is 0 Å². The summed E-state index contributed by atoms with van der Waals surface area (Å²) in [5.41, 5.74) is 3.91. The lowest BCUT2D eigenvalue weighted by Crippen LogP contribution is -1.84. The molecule has 0 spiro atoms. The highest BCUT2D eigenvalue weighted by Gasteiger charge is 2.09. The molecule has 0 saturated carbocycles. The number of rotatable bonds is 2. The van der Waals surface area contributed by atoms with Crippen molar-refractivity contribution in [3.05, 3.63) is 84.2 Å². The van der Waals surface area contributed by atoms with Crippen molar-refractivity contribution in [3.63, 3.8) is 0 Å². The Labute approximate surface area is 128 Å². The van der Waals surface area contributed by atoms with Crippen LogP contribution in [0.15, 0.2) is 84.2 Å². The minimum Gasteiger partial charge on any atom is -0.144 e. The third-order valence-electron chi connectivity index (χ3n) is 3.79. The predicted octanol–water partition coefficient (Wildman–Crippen LogP) is 6.24. The highest BCUT2D eigenvalue weighted by atomic mass is 32.1. The molecular weight excluding hydrogens is 272 g/mol. The Balaban J connectivity index is 2.02. The first-order valence-electron chi connectivity index (χ1n) is 7.04. The first kappa shape index (κ1) is 12.4. The van der Waals surface area contributed by atoms with Gasteiger partial charge in [-0.15, -0.1) is 11.3 Å². The summed E-state index contributed by atoms with van der Waals surface area (Å²) in [6.07, 6.45) is 0. The van der Waals surface area contributed by atoms with Gasteiger partial charge in [0.05, 0.1) is 0 Å². The van der Waals surface area contributed by atoms with Crippen LogP contribution >= 0.6 is 11.3 Å². The minimum atomic E-state index is 1.29. The standard InChI is InChI=1S/C20H14S/c1-2-9-16-15(7-1)8-5-12-17(16)18-10-3-4-11-19(18)20-13-6-14-21-20/h1-14H. The first-order chi connectivity index (χ1) is 10.4. The van der Waals surface area contributed by atoms with Crippen LogP contribution < -0.4 is 0 Å². The second-order valence-electron chi connectivity index (χ2n) is 5.05. The molecule has 0 aliphatic carbocycles. The molecule has 1 heterocycles. The fourth-order valence-electron chi connectivity index (χ4n) is 2.82. The predicted molar refractivity (Wildman–Crippen MR) is 92.7 cm³/mol. The summed E-state index contributed by atoms with van der Waals surface area (Å²) in [5.74, 6) is 0. The lowest BCUT2D eigenvalue weighted by atomic mass is 9.94. The van der Waals surface area contributed by atoms with E-state index < -0.39 is 0 Å². The third kappa shape index (κ3) is 2.16. The molecule has 4 rings (SSSR count). The zero-order chi connectivity index (χ0) is 14.1. The molecule has 0 atom stereocenters. The van der Waals surface area contributed by atoms with Crippen molar-refractivity contribution in [1.29, 1.82) is 0 Å². The molecule has 0 unspecified atom stereocenters. The highest BCUT2D eigenvalue weighted by Crippen LogP contribution is 2.37. The average Bonchev–Trinajstić information content (AvgIpc) is 3.09. The molecule has 0 aliphatic rings. The van der Waals surface area contributed by atoms with Gasteiger partial charge in [0.15, 0.2) is 0 Å². The molecule has 0 nitrogen and oxygen atoms in total. The zero-order valence-electron chi connectivity index (χ0n) is 11.5. The van der Waals surface area contributed by atoms with Crippen molar-refractivity contribution in [2.75, 3.05) is 0 Å². The van der Waals surface area contributed by atoms with E-state index in [-0.39, 0.29) is 0 Å². The molecule has 4 aromatic rings. The Morgan fingerprint density at radius 1 is 0.524 bits per heavy atom. The van der Waals surface area contributed by atoms with Gasteiger partial charge in [0.2, 0.25) is 0 Å². The number of benzene rings is 3. The quantitative estimate of drug-likeness (QED) is 0.409. The smallest absolute Gasteiger partial charge is 0.0348 e. The van der Waals surface area contributed by atoms with Crippen molar-refractivity contribution in [3.8, 4) is 21.6 Å². The maximum atomic E-state index is 2.22. The van der Waals surface area contributed by atoms with Gasteiger partial charge in [0.25, 0.3) is 0 Å². The molecule has 100 valence electrons. The van der Waals surface area contributed by atoms with Crippen molar-refractivity contribution < 1.29 is 0 Å². The van der Waals surface area contributed by atoms with Crippen LogP contribution in [-0.4, -0.2) is 0 Å². The van der Waals surface area contributed by atoms with Crippen LogP contribution in [-0.2, 0) is 0 Å². The second kappa shape index (κ2) is 5.19.